The molecule has 2 aliphatic heterocycles. The van der Waals surface area contributed by atoms with Crippen LogP contribution in [0.1, 0.15) is 6.42 Å². The first kappa shape index (κ1) is 17.2. The standard InChI is InChI=1S/C15H18N4O3S.ClH/c16-23(21,22)19-6-5-15(10-19)8-18(9-15)13-7-14(20)17-12-4-2-1-3-11(12)13;/h1-4,7H,5-6,8-10H2,(H,17,20)(H2,16,21,22);1H. The monoisotopic (exact) mass is 370 g/mol. The van der Waals surface area contributed by atoms with Crippen LogP contribution in [-0.4, -0.2) is 43.9 Å². The van der Waals surface area contributed by atoms with Gasteiger partial charge in [0.2, 0.25) is 5.56 Å². The minimum Gasteiger partial charge on any atom is -0.369 e. The minimum atomic E-state index is -3.61. The fourth-order valence-electron chi connectivity index (χ4n) is 3.75. The molecule has 3 heterocycles. The third kappa shape index (κ3) is 2.79. The number of benzene rings is 1. The number of nitrogens with two attached hydrogens (primary N) is 1. The van der Waals surface area contributed by atoms with Crippen molar-refractivity contribution in [1.82, 2.24) is 9.29 Å². The number of pyridine rings is 1. The second-order valence-corrected chi connectivity index (χ2v) is 8.10. The minimum absolute atomic E-state index is 0. The summed E-state index contributed by atoms with van der Waals surface area (Å²) >= 11 is 0. The second kappa shape index (κ2) is 5.73. The number of nitrogens with zero attached hydrogens (tertiary/aromatic N) is 2. The molecule has 2 saturated heterocycles. The number of hydrogen-bond donors (Lipinski definition) is 2. The number of halogens is 1. The molecule has 4 rings (SSSR count). The molecular formula is C15H19ClN4O3S. The van der Waals surface area contributed by atoms with Gasteiger partial charge in [-0.15, -0.1) is 12.4 Å². The Morgan fingerprint density at radius 3 is 2.54 bits per heavy atom. The van der Waals surface area contributed by atoms with Crippen molar-refractivity contribution in [2.75, 3.05) is 31.1 Å². The Balaban J connectivity index is 0.00000169. The Kier molecular flexibility index (Phi) is 4.11. The van der Waals surface area contributed by atoms with Gasteiger partial charge in [0.25, 0.3) is 10.2 Å². The number of H-pyrrole nitrogens is 1. The number of hydrogen-bond acceptors (Lipinski definition) is 4. The Morgan fingerprint density at radius 2 is 1.88 bits per heavy atom. The van der Waals surface area contributed by atoms with E-state index in [0.29, 0.717) is 13.1 Å². The van der Waals surface area contributed by atoms with Crippen LogP contribution in [0.2, 0.25) is 0 Å². The van der Waals surface area contributed by atoms with Crippen LogP contribution >= 0.6 is 12.4 Å². The molecule has 1 aromatic heterocycles. The smallest absolute Gasteiger partial charge is 0.276 e. The highest BCUT2D eigenvalue weighted by Gasteiger charge is 2.50. The molecule has 1 spiro atoms. The number of aromatic amines is 1. The molecule has 0 atom stereocenters. The number of nitrogens with one attached hydrogen (secondary N) is 1. The number of rotatable bonds is 2. The fourth-order valence-corrected chi connectivity index (χ4v) is 4.55. The highest BCUT2D eigenvalue weighted by atomic mass is 35.5. The highest BCUT2D eigenvalue weighted by molar-refractivity contribution is 7.86. The number of fused-ring (bicyclic) bond motifs is 1. The van der Waals surface area contributed by atoms with Gasteiger partial charge in [0.05, 0.1) is 11.2 Å². The molecule has 2 fully saturated rings. The maximum Gasteiger partial charge on any atom is 0.276 e. The van der Waals surface area contributed by atoms with E-state index in [-0.39, 0.29) is 23.4 Å². The predicted molar refractivity (Wildman–Crippen MR) is 95.8 cm³/mol. The van der Waals surface area contributed by atoms with Crippen molar-refractivity contribution in [3.8, 4) is 0 Å². The van der Waals surface area contributed by atoms with Gasteiger partial charge in [0.15, 0.2) is 0 Å². The van der Waals surface area contributed by atoms with Crippen molar-refractivity contribution in [3.05, 3.63) is 40.7 Å². The average Bonchev–Trinajstić information content (AvgIpc) is 2.90. The third-order valence-electron chi connectivity index (χ3n) is 4.89. The Morgan fingerprint density at radius 1 is 1.17 bits per heavy atom. The van der Waals surface area contributed by atoms with Crippen molar-refractivity contribution in [2.45, 2.75) is 6.42 Å². The second-order valence-electron chi connectivity index (χ2n) is 6.55. The first-order valence-electron chi connectivity index (χ1n) is 7.51. The van der Waals surface area contributed by atoms with E-state index in [1.807, 2.05) is 24.3 Å². The molecule has 24 heavy (non-hydrogen) atoms. The van der Waals surface area contributed by atoms with Crippen LogP contribution in [0.3, 0.4) is 0 Å². The summed E-state index contributed by atoms with van der Waals surface area (Å²) in [7, 11) is -3.61. The number of anilines is 1. The molecule has 2 aromatic rings. The highest BCUT2D eigenvalue weighted by Crippen LogP contribution is 2.43. The van der Waals surface area contributed by atoms with E-state index in [0.717, 1.165) is 36.1 Å². The van der Waals surface area contributed by atoms with Crippen molar-refractivity contribution < 1.29 is 8.42 Å². The molecule has 1 aromatic carbocycles. The molecular weight excluding hydrogens is 352 g/mol. The van der Waals surface area contributed by atoms with Crippen LogP contribution in [0, 0.1) is 5.41 Å². The lowest BCUT2D eigenvalue weighted by Gasteiger charge is -2.49. The van der Waals surface area contributed by atoms with Crippen LogP contribution in [0.5, 0.6) is 0 Å². The van der Waals surface area contributed by atoms with Crippen molar-refractivity contribution in [3.63, 3.8) is 0 Å². The van der Waals surface area contributed by atoms with Gasteiger partial charge < -0.3 is 9.88 Å². The zero-order chi connectivity index (χ0) is 16.2. The zero-order valence-electron chi connectivity index (χ0n) is 12.9. The first-order valence-corrected chi connectivity index (χ1v) is 9.02. The maximum absolute atomic E-state index is 11.9. The molecule has 0 unspecified atom stereocenters. The molecule has 3 N–H and O–H groups in total. The van der Waals surface area contributed by atoms with Gasteiger partial charge in [0.1, 0.15) is 0 Å². The summed E-state index contributed by atoms with van der Waals surface area (Å²) in [5, 5.41) is 6.22. The van der Waals surface area contributed by atoms with E-state index in [2.05, 4.69) is 9.88 Å². The molecule has 130 valence electrons. The van der Waals surface area contributed by atoms with Gasteiger partial charge >= 0.3 is 0 Å². The molecule has 0 amide bonds. The van der Waals surface area contributed by atoms with E-state index in [4.69, 9.17) is 5.14 Å². The van der Waals surface area contributed by atoms with Crippen LogP contribution in [0.25, 0.3) is 10.9 Å². The first-order chi connectivity index (χ1) is 10.9. The van der Waals surface area contributed by atoms with Gasteiger partial charge in [-0.1, -0.05) is 18.2 Å². The lowest BCUT2D eigenvalue weighted by Crippen LogP contribution is -2.58. The Hall–Kier alpha value is -1.61. The molecule has 2 aliphatic rings. The topological polar surface area (TPSA) is 99.5 Å². The van der Waals surface area contributed by atoms with Crippen LogP contribution in [0.15, 0.2) is 35.1 Å². The van der Waals surface area contributed by atoms with E-state index in [1.54, 1.807) is 6.07 Å². The van der Waals surface area contributed by atoms with E-state index in [1.165, 1.54) is 4.31 Å². The van der Waals surface area contributed by atoms with Crippen LogP contribution in [-0.2, 0) is 10.2 Å². The molecule has 9 heteroatoms. The summed E-state index contributed by atoms with van der Waals surface area (Å²) in [6.07, 6.45) is 0.807. The lowest BCUT2D eigenvalue weighted by atomic mass is 9.78. The summed E-state index contributed by atoms with van der Waals surface area (Å²) in [5.74, 6) is 0. The molecule has 0 bridgehead atoms. The predicted octanol–water partition coefficient (Wildman–Crippen LogP) is 0.665. The van der Waals surface area contributed by atoms with Gasteiger partial charge in [0, 0.05) is 43.0 Å². The molecule has 0 aliphatic carbocycles. The lowest BCUT2D eigenvalue weighted by molar-refractivity contribution is 0.231. The van der Waals surface area contributed by atoms with Gasteiger partial charge in [-0.3, -0.25) is 4.79 Å². The number of aromatic nitrogens is 1. The van der Waals surface area contributed by atoms with Crippen LogP contribution < -0.4 is 15.6 Å². The zero-order valence-corrected chi connectivity index (χ0v) is 14.6. The summed E-state index contributed by atoms with van der Waals surface area (Å²) < 4.78 is 24.3. The van der Waals surface area contributed by atoms with Crippen molar-refractivity contribution >= 4 is 39.2 Å². The fraction of sp³-hybridized carbons (Fsp3) is 0.400. The van der Waals surface area contributed by atoms with Gasteiger partial charge in [-0.25, -0.2) is 5.14 Å². The number of para-hydroxylation sites is 1. The molecule has 7 nitrogen and oxygen atoms in total. The summed E-state index contributed by atoms with van der Waals surface area (Å²) in [5.41, 5.74) is 1.55. The van der Waals surface area contributed by atoms with E-state index < -0.39 is 10.2 Å². The molecule has 0 saturated carbocycles. The largest absolute Gasteiger partial charge is 0.369 e. The van der Waals surface area contributed by atoms with Crippen LogP contribution in [0.4, 0.5) is 5.69 Å². The quantitative estimate of drug-likeness (QED) is 0.811. The summed E-state index contributed by atoms with van der Waals surface area (Å²) in [6.45, 7) is 2.42. The summed E-state index contributed by atoms with van der Waals surface area (Å²) in [6, 6.07) is 9.31. The Labute approximate surface area is 146 Å². The average molecular weight is 371 g/mol. The Bertz CT molecular complexity index is 937. The summed E-state index contributed by atoms with van der Waals surface area (Å²) in [4.78, 5) is 16.8. The molecule has 0 radical (unpaired) electrons. The maximum atomic E-state index is 11.9. The SMILES string of the molecule is Cl.NS(=O)(=O)N1CCC2(CN(c3cc(=O)[nH]c4ccccc34)C2)C1. The normalized spacial score (nSPS) is 20.1. The van der Waals surface area contributed by atoms with E-state index in [9.17, 15) is 13.2 Å². The van der Waals surface area contributed by atoms with E-state index >= 15 is 0 Å². The van der Waals surface area contributed by atoms with Crippen molar-refractivity contribution in [2.24, 2.45) is 10.6 Å². The third-order valence-corrected chi connectivity index (χ3v) is 5.92. The van der Waals surface area contributed by atoms with Crippen molar-refractivity contribution in [1.29, 1.82) is 0 Å². The van der Waals surface area contributed by atoms with Gasteiger partial charge in [-0.05, 0) is 12.5 Å². The van der Waals surface area contributed by atoms with Gasteiger partial charge in [-0.2, -0.15) is 12.7 Å².